The smallest absolute Gasteiger partial charge is 0.287 e. The summed E-state index contributed by atoms with van der Waals surface area (Å²) in [7, 11) is 0.208. The van der Waals surface area contributed by atoms with E-state index < -0.39 is 10.8 Å². The summed E-state index contributed by atoms with van der Waals surface area (Å²) in [4.78, 5) is 12.7. The second-order valence-electron chi connectivity index (χ2n) is 5.74. The predicted molar refractivity (Wildman–Crippen MR) is 99.4 cm³/mol. The SMILES string of the molecule is COc1ccc(CNC(=O)c2ccc(C[S@](=O)c3ccc(F)cc3)o2)cc1. The fourth-order valence-corrected chi connectivity index (χ4v) is 3.41. The van der Waals surface area contributed by atoms with E-state index in [0.717, 1.165) is 11.3 Å². The molecular weight excluding hydrogens is 369 g/mol. The second kappa shape index (κ2) is 8.64. The molecule has 0 saturated carbocycles. The molecule has 0 saturated heterocycles. The number of hydrogen-bond acceptors (Lipinski definition) is 4. The van der Waals surface area contributed by atoms with Crippen LogP contribution in [0.5, 0.6) is 5.75 Å². The van der Waals surface area contributed by atoms with E-state index >= 15 is 0 Å². The quantitative estimate of drug-likeness (QED) is 0.672. The van der Waals surface area contributed by atoms with Crippen molar-refractivity contribution in [2.24, 2.45) is 0 Å². The van der Waals surface area contributed by atoms with E-state index in [1.165, 1.54) is 24.3 Å². The fourth-order valence-electron chi connectivity index (χ4n) is 2.39. The third-order valence-electron chi connectivity index (χ3n) is 3.85. The van der Waals surface area contributed by atoms with Crippen molar-refractivity contribution < 1.29 is 22.5 Å². The average molecular weight is 387 g/mol. The lowest BCUT2D eigenvalue weighted by molar-refractivity contribution is 0.0921. The Hall–Kier alpha value is -2.93. The maximum Gasteiger partial charge on any atom is 0.287 e. The van der Waals surface area contributed by atoms with Gasteiger partial charge in [-0.3, -0.25) is 9.00 Å². The monoisotopic (exact) mass is 387 g/mol. The molecule has 7 heteroatoms. The molecule has 1 amide bonds. The van der Waals surface area contributed by atoms with Gasteiger partial charge in [-0.1, -0.05) is 12.1 Å². The van der Waals surface area contributed by atoms with E-state index in [0.29, 0.717) is 17.2 Å². The molecule has 1 atom stereocenters. The highest BCUT2D eigenvalue weighted by Gasteiger charge is 2.13. The number of furan rings is 1. The molecule has 0 unspecified atom stereocenters. The molecular formula is C20H18FNO4S. The van der Waals surface area contributed by atoms with Gasteiger partial charge in [0, 0.05) is 11.4 Å². The molecule has 3 aromatic rings. The van der Waals surface area contributed by atoms with Crippen molar-refractivity contribution in [3.8, 4) is 5.75 Å². The molecule has 0 bridgehead atoms. The number of carbonyl (C=O) groups excluding carboxylic acids is 1. The van der Waals surface area contributed by atoms with E-state index in [1.807, 2.05) is 24.3 Å². The number of amides is 1. The third-order valence-corrected chi connectivity index (χ3v) is 5.19. The lowest BCUT2D eigenvalue weighted by Crippen LogP contribution is -2.22. The summed E-state index contributed by atoms with van der Waals surface area (Å²) in [6.07, 6.45) is 0. The minimum atomic E-state index is -1.38. The van der Waals surface area contributed by atoms with Gasteiger partial charge in [0.15, 0.2) is 5.76 Å². The summed E-state index contributed by atoms with van der Waals surface area (Å²) >= 11 is 0. The van der Waals surface area contributed by atoms with Gasteiger partial charge in [-0.15, -0.1) is 0 Å². The van der Waals surface area contributed by atoms with Gasteiger partial charge in [0.1, 0.15) is 17.3 Å². The van der Waals surface area contributed by atoms with Crippen LogP contribution in [-0.4, -0.2) is 17.2 Å². The number of carbonyl (C=O) groups is 1. The van der Waals surface area contributed by atoms with Crippen LogP contribution in [0, 0.1) is 5.82 Å². The summed E-state index contributed by atoms with van der Waals surface area (Å²) in [6.45, 7) is 0.348. The van der Waals surface area contributed by atoms with E-state index in [2.05, 4.69) is 5.32 Å². The average Bonchev–Trinajstić information content (AvgIpc) is 3.15. The highest BCUT2D eigenvalue weighted by atomic mass is 32.2. The highest BCUT2D eigenvalue weighted by molar-refractivity contribution is 7.84. The van der Waals surface area contributed by atoms with Crippen molar-refractivity contribution in [3.05, 3.63) is 83.6 Å². The summed E-state index contributed by atoms with van der Waals surface area (Å²) < 4.78 is 35.8. The Labute approximate surface area is 158 Å². The molecule has 1 N–H and O–H groups in total. The van der Waals surface area contributed by atoms with E-state index in [4.69, 9.17) is 9.15 Å². The summed E-state index contributed by atoms with van der Waals surface area (Å²) in [6, 6.07) is 16.0. The van der Waals surface area contributed by atoms with Gasteiger partial charge in [-0.25, -0.2) is 4.39 Å². The molecule has 0 aliphatic carbocycles. The Morgan fingerprint density at radius 1 is 1.07 bits per heavy atom. The Bertz CT molecular complexity index is 935. The zero-order valence-electron chi connectivity index (χ0n) is 14.6. The van der Waals surface area contributed by atoms with Crippen LogP contribution < -0.4 is 10.1 Å². The first kappa shape index (κ1) is 18.8. The van der Waals surface area contributed by atoms with Gasteiger partial charge >= 0.3 is 0 Å². The minimum absolute atomic E-state index is 0.109. The Morgan fingerprint density at radius 2 is 1.78 bits per heavy atom. The van der Waals surface area contributed by atoms with Crippen molar-refractivity contribution in [3.63, 3.8) is 0 Å². The molecule has 0 aliphatic rings. The largest absolute Gasteiger partial charge is 0.497 e. The number of nitrogens with one attached hydrogen (secondary N) is 1. The Balaban J connectivity index is 1.56. The van der Waals surface area contributed by atoms with Crippen molar-refractivity contribution in [1.29, 1.82) is 0 Å². The number of rotatable bonds is 7. The number of methoxy groups -OCH3 is 1. The lowest BCUT2D eigenvalue weighted by atomic mass is 10.2. The number of ether oxygens (including phenoxy) is 1. The second-order valence-corrected chi connectivity index (χ2v) is 7.19. The summed E-state index contributed by atoms with van der Waals surface area (Å²) in [5.74, 6) is 0.684. The van der Waals surface area contributed by atoms with Crippen LogP contribution in [0.25, 0.3) is 0 Å². The fraction of sp³-hybridized carbons (Fsp3) is 0.150. The van der Waals surface area contributed by atoms with Crippen LogP contribution in [0.4, 0.5) is 4.39 Å². The first-order valence-corrected chi connectivity index (χ1v) is 9.51. The van der Waals surface area contributed by atoms with Crippen LogP contribution in [-0.2, 0) is 23.1 Å². The van der Waals surface area contributed by atoms with Crippen molar-refractivity contribution in [1.82, 2.24) is 5.32 Å². The molecule has 0 fully saturated rings. The summed E-state index contributed by atoms with van der Waals surface area (Å²) in [5, 5.41) is 2.77. The molecule has 0 spiro atoms. The normalized spacial score (nSPS) is 11.8. The van der Waals surface area contributed by atoms with Gasteiger partial charge in [-0.05, 0) is 54.1 Å². The molecule has 1 aromatic heterocycles. The van der Waals surface area contributed by atoms with E-state index in [-0.39, 0.29) is 23.2 Å². The van der Waals surface area contributed by atoms with Crippen LogP contribution in [0.2, 0.25) is 0 Å². The topological polar surface area (TPSA) is 68.5 Å². The molecule has 1 heterocycles. The molecule has 0 radical (unpaired) electrons. The number of halogens is 1. The van der Waals surface area contributed by atoms with Crippen LogP contribution >= 0.6 is 0 Å². The third kappa shape index (κ3) is 5.04. The maximum absolute atomic E-state index is 12.9. The highest BCUT2D eigenvalue weighted by Crippen LogP contribution is 2.16. The van der Waals surface area contributed by atoms with Gasteiger partial charge in [0.2, 0.25) is 0 Å². The van der Waals surface area contributed by atoms with Gasteiger partial charge in [0.25, 0.3) is 5.91 Å². The van der Waals surface area contributed by atoms with E-state index in [9.17, 15) is 13.4 Å². The van der Waals surface area contributed by atoms with Crippen LogP contribution in [0.3, 0.4) is 0 Å². The zero-order chi connectivity index (χ0) is 19.2. The molecule has 140 valence electrons. The van der Waals surface area contributed by atoms with Crippen molar-refractivity contribution in [2.45, 2.75) is 17.2 Å². The first-order chi connectivity index (χ1) is 13.0. The minimum Gasteiger partial charge on any atom is -0.497 e. The molecule has 5 nitrogen and oxygen atoms in total. The molecule has 27 heavy (non-hydrogen) atoms. The van der Waals surface area contributed by atoms with Crippen molar-refractivity contribution >= 4 is 16.7 Å². The van der Waals surface area contributed by atoms with Crippen molar-refractivity contribution in [2.75, 3.05) is 7.11 Å². The Morgan fingerprint density at radius 3 is 2.44 bits per heavy atom. The zero-order valence-corrected chi connectivity index (χ0v) is 15.4. The first-order valence-electron chi connectivity index (χ1n) is 8.19. The molecule has 0 aliphatic heterocycles. The van der Waals surface area contributed by atoms with E-state index in [1.54, 1.807) is 19.2 Å². The lowest BCUT2D eigenvalue weighted by Gasteiger charge is -2.05. The number of hydrogen-bond donors (Lipinski definition) is 1. The maximum atomic E-state index is 12.9. The molecule has 3 rings (SSSR count). The van der Waals surface area contributed by atoms with Gasteiger partial charge < -0.3 is 14.5 Å². The standard InChI is InChI=1S/C20H18FNO4S/c1-25-16-6-2-14(3-7-16)12-22-20(23)19-11-8-17(26-19)13-27(24)18-9-4-15(21)5-10-18/h2-11H,12-13H2,1H3,(H,22,23)/t27-/m0/s1. The van der Waals surface area contributed by atoms with Gasteiger partial charge in [-0.2, -0.15) is 0 Å². The summed E-state index contributed by atoms with van der Waals surface area (Å²) in [5.41, 5.74) is 0.924. The molecule has 2 aromatic carbocycles. The predicted octanol–water partition coefficient (Wildman–Crippen LogP) is 3.67. The Kier molecular flexibility index (Phi) is 6.03. The van der Waals surface area contributed by atoms with Crippen LogP contribution in [0.1, 0.15) is 21.9 Å². The van der Waals surface area contributed by atoms with Gasteiger partial charge in [0.05, 0.1) is 23.7 Å². The number of benzene rings is 2. The van der Waals surface area contributed by atoms with Crippen LogP contribution in [0.15, 0.2) is 70.0 Å².